The number of hydrogen-bond acceptors (Lipinski definition) is 2. The van der Waals surface area contributed by atoms with Crippen molar-refractivity contribution in [3.05, 3.63) is 64.6 Å². The molecule has 0 saturated carbocycles. The molecule has 0 bridgehead atoms. The molecule has 3 aromatic rings. The van der Waals surface area contributed by atoms with Gasteiger partial charge >= 0.3 is 0 Å². The molecule has 0 aliphatic rings. The highest BCUT2D eigenvalue weighted by atomic mass is 19.1. The summed E-state index contributed by atoms with van der Waals surface area (Å²) in [6.45, 7) is 5.09. The van der Waals surface area contributed by atoms with E-state index in [1.807, 2.05) is 6.92 Å². The number of carbonyl (C=O) groups is 2. The lowest BCUT2D eigenvalue weighted by molar-refractivity contribution is 0.101. The maximum Gasteiger partial charge on any atom is 0.258 e. The Morgan fingerprint density at radius 1 is 1.08 bits per heavy atom. The fourth-order valence-corrected chi connectivity index (χ4v) is 2.75. The number of ketones is 1. The first-order chi connectivity index (χ1) is 11.4. The van der Waals surface area contributed by atoms with E-state index < -0.39 is 5.82 Å². The van der Waals surface area contributed by atoms with Crippen LogP contribution in [0.3, 0.4) is 0 Å². The molecule has 0 atom stereocenters. The first kappa shape index (κ1) is 15.9. The Balaban J connectivity index is 2.02. The van der Waals surface area contributed by atoms with Crippen LogP contribution in [0.15, 0.2) is 36.4 Å². The van der Waals surface area contributed by atoms with Gasteiger partial charge in [0.1, 0.15) is 5.82 Å². The van der Waals surface area contributed by atoms with Crippen LogP contribution >= 0.6 is 0 Å². The number of Topliss-reactive ketones (excluding diaryl/α,β-unsaturated/α-hetero) is 1. The van der Waals surface area contributed by atoms with Crippen molar-refractivity contribution < 1.29 is 14.0 Å². The van der Waals surface area contributed by atoms with Gasteiger partial charge in [-0.05, 0) is 50.6 Å². The van der Waals surface area contributed by atoms with Crippen molar-refractivity contribution in [3.8, 4) is 0 Å². The van der Waals surface area contributed by atoms with Crippen molar-refractivity contribution >= 4 is 28.3 Å². The van der Waals surface area contributed by atoms with Crippen LogP contribution in [0.1, 0.15) is 38.9 Å². The van der Waals surface area contributed by atoms with E-state index in [9.17, 15) is 14.0 Å². The Kier molecular flexibility index (Phi) is 3.93. The summed E-state index contributed by atoms with van der Waals surface area (Å²) < 4.78 is 13.5. The fourth-order valence-electron chi connectivity index (χ4n) is 2.75. The standard InChI is InChI=1S/C19H17FN2O2/c1-10-4-5-13(12(3)23)8-17(10)22-19(24)18-11(2)21-16-7-6-14(20)9-15(16)18/h4-9,21H,1-3H3,(H,22,24). The van der Waals surface area contributed by atoms with Gasteiger partial charge in [0.2, 0.25) is 0 Å². The Morgan fingerprint density at radius 2 is 1.83 bits per heavy atom. The van der Waals surface area contributed by atoms with Crippen molar-refractivity contribution in [3.63, 3.8) is 0 Å². The molecule has 1 heterocycles. The van der Waals surface area contributed by atoms with Crippen LogP contribution in [0, 0.1) is 19.7 Å². The highest BCUT2D eigenvalue weighted by Crippen LogP contribution is 2.25. The minimum absolute atomic E-state index is 0.0733. The number of aryl methyl sites for hydroxylation is 2. The second-order valence-corrected chi connectivity index (χ2v) is 5.85. The zero-order chi connectivity index (χ0) is 17.4. The summed E-state index contributed by atoms with van der Waals surface area (Å²) in [5.74, 6) is -0.811. The van der Waals surface area contributed by atoms with Crippen molar-refractivity contribution in [2.24, 2.45) is 0 Å². The molecule has 0 aliphatic heterocycles. The molecule has 0 aliphatic carbocycles. The summed E-state index contributed by atoms with van der Waals surface area (Å²) in [4.78, 5) is 27.3. The second-order valence-electron chi connectivity index (χ2n) is 5.85. The summed E-state index contributed by atoms with van der Waals surface area (Å²) >= 11 is 0. The number of benzene rings is 2. The van der Waals surface area contributed by atoms with E-state index >= 15 is 0 Å². The van der Waals surface area contributed by atoms with Crippen molar-refractivity contribution in [1.82, 2.24) is 4.98 Å². The summed E-state index contributed by atoms with van der Waals surface area (Å²) in [6, 6.07) is 9.46. The van der Waals surface area contributed by atoms with Gasteiger partial charge in [0.25, 0.3) is 5.91 Å². The molecule has 0 radical (unpaired) electrons. The van der Waals surface area contributed by atoms with Crippen LogP contribution in [0.2, 0.25) is 0 Å². The molecule has 4 nitrogen and oxygen atoms in total. The van der Waals surface area contributed by atoms with Gasteiger partial charge in [-0.15, -0.1) is 0 Å². The van der Waals surface area contributed by atoms with Crippen LogP contribution < -0.4 is 5.32 Å². The van der Waals surface area contributed by atoms with E-state index in [4.69, 9.17) is 0 Å². The topological polar surface area (TPSA) is 62.0 Å². The largest absolute Gasteiger partial charge is 0.358 e. The van der Waals surface area contributed by atoms with Crippen LogP contribution in [0.25, 0.3) is 10.9 Å². The van der Waals surface area contributed by atoms with Crippen molar-refractivity contribution in [2.75, 3.05) is 5.32 Å². The molecule has 0 spiro atoms. The SMILES string of the molecule is CC(=O)c1ccc(C)c(NC(=O)c2c(C)[nH]c3ccc(F)cc23)c1. The molecular weight excluding hydrogens is 307 g/mol. The van der Waals surface area contributed by atoms with Crippen LogP contribution in [0.5, 0.6) is 0 Å². The van der Waals surface area contributed by atoms with Gasteiger partial charge in [-0.1, -0.05) is 12.1 Å². The minimum atomic E-state index is -0.398. The number of anilines is 1. The van der Waals surface area contributed by atoms with E-state index in [2.05, 4.69) is 10.3 Å². The number of carbonyl (C=O) groups excluding carboxylic acids is 2. The van der Waals surface area contributed by atoms with Crippen molar-refractivity contribution in [2.45, 2.75) is 20.8 Å². The van der Waals surface area contributed by atoms with Gasteiger partial charge in [-0.3, -0.25) is 9.59 Å². The number of aromatic nitrogens is 1. The number of hydrogen-bond donors (Lipinski definition) is 2. The molecule has 0 unspecified atom stereocenters. The van der Waals surface area contributed by atoms with Gasteiger partial charge < -0.3 is 10.3 Å². The lowest BCUT2D eigenvalue weighted by Gasteiger charge is -2.10. The third-order valence-corrected chi connectivity index (χ3v) is 4.07. The lowest BCUT2D eigenvalue weighted by atomic mass is 10.1. The van der Waals surface area contributed by atoms with Gasteiger partial charge in [0, 0.05) is 27.8 Å². The monoisotopic (exact) mass is 324 g/mol. The molecule has 2 N–H and O–H groups in total. The van der Waals surface area contributed by atoms with E-state index in [0.717, 1.165) is 5.56 Å². The predicted molar refractivity (Wildman–Crippen MR) is 92.1 cm³/mol. The maximum absolute atomic E-state index is 13.5. The van der Waals surface area contributed by atoms with Crippen LogP contribution in [-0.4, -0.2) is 16.7 Å². The van der Waals surface area contributed by atoms with Gasteiger partial charge in [0.15, 0.2) is 5.78 Å². The maximum atomic E-state index is 13.5. The molecule has 122 valence electrons. The highest BCUT2D eigenvalue weighted by Gasteiger charge is 2.17. The zero-order valence-corrected chi connectivity index (χ0v) is 13.7. The fraction of sp³-hybridized carbons (Fsp3) is 0.158. The van der Waals surface area contributed by atoms with Crippen LogP contribution in [0.4, 0.5) is 10.1 Å². The third kappa shape index (κ3) is 2.80. The number of aromatic amines is 1. The Morgan fingerprint density at radius 3 is 2.54 bits per heavy atom. The van der Waals surface area contributed by atoms with Gasteiger partial charge in [-0.25, -0.2) is 4.39 Å². The number of H-pyrrole nitrogens is 1. The average Bonchev–Trinajstić information content (AvgIpc) is 2.84. The van der Waals surface area contributed by atoms with E-state index in [-0.39, 0.29) is 11.7 Å². The zero-order valence-electron chi connectivity index (χ0n) is 13.7. The first-order valence-electron chi connectivity index (χ1n) is 7.57. The molecule has 1 amide bonds. The third-order valence-electron chi connectivity index (χ3n) is 4.07. The Bertz CT molecular complexity index is 973. The number of nitrogens with one attached hydrogen (secondary N) is 2. The molecule has 2 aromatic carbocycles. The molecular formula is C19H17FN2O2. The second kappa shape index (κ2) is 5.92. The Labute approximate surface area is 138 Å². The van der Waals surface area contributed by atoms with E-state index in [0.29, 0.717) is 33.4 Å². The summed E-state index contributed by atoms with van der Waals surface area (Å²) in [5.41, 5.74) is 3.70. The number of halogens is 1. The average molecular weight is 324 g/mol. The van der Waals surface area contributed by atoms with Crippen molar-refractivity contribution in [1.29, 1.82) is 0 Å². The summed E-state index contributed by atoms with van der Waals surface area (Å²) in [5, 5.41) is 3.36. The smallest absolute Gasteiger partial charge is 0.258 e. The van der Waals surface area contributed by atoms with E-state index in [1.165, 1.54) is 19.1 Å². The van der Waals surface area contributed by atoms with E-state index in [1.54, 1.807) is 31.2 Å². The Hall–Kier alpha value is -2.95. The molecule has 24 heavy (non-hydrogen) atoms. The van der Waals surface area contributed by atoms with Gasteiger partial charge in [-0.2, -0.15) is 0 Å². The normalized spacial score (nSPS) is 10.8. The molecule has 1 aromatic heterocycles. The molecule has 3 rings (SSSR count). The minimum Gasteiger partial charge on any atom is -0.358 e. The lowest BCUT2D eigenvalue weighted by Crippen LogP contribution is -2.14. The molecule has 0 saturated heterocycles. The highest BCUT2D eigenvalue weighted by molar-refractivity contribution is 6.14. The molecule has 5 heteroatoms. The number of fused-ring (bicyclic) bond motifs is 1. The van der Waals surface area contributed by atoms with Gasteiger partial charge in [0.05, 0.1) is 5.56 Å². The molecule has 0 fully saturated rings. The summed E-state index contributed by atoms with van der Waals surface area (Å²) in [7, 11) is 0. The van der Waals surface area contributed by atoms with Crippen LogP contribution in [-0.2, 0) is 0 Å². The predicted octanol–water partition coefficient (Wildman–Crippen LogP) is 4.38. The number of amides is 1. The quantitative estimate of drug-likeness (QED) is 0.702. The summed E-state index contributed by atoms with van der Waals surface area (Å²) in [6.07, 6.45) is 0. The first-order valence-corrected chi connectivity index (χ1v) is 7.57. The number of rotatable bonds is 3.